The van der Waals surface area contributed by atoms with Crippen molar-refractivity contribution in [3.8, 4) is 5.75 Å². The van der Waals surface area contributed by atoms with Gasteiger partial charge in [0.1, 0.15) is 11.5 Å². The van der Waals surface area contributed by atoms with Crippen LogP contribution in [0.1, 0.15) is 41.6 Å². The van der Waals surface area contributed by atoms with E-state index in [1.54, 1.807) is 31.6 Å². The molecule has 0 radical (unpaired) electrons. The van der Waals surface area contributed by atoms with Crippen molar-refractivity contribution in [2.45, 2.75) is 33.2 Å². The van der Waals surface area contributed by atoms with Crippen LogP contribution in [0.5, 0.6) is 5.75 Å². The number of methoxy groups -OCH3 is 1. The fourth-order valence-corrected chi connectivity index (χ4v) is 3.65. The number of aliphatic hydroxyl groups excluding tert-OH is 1. The molecule has 1 unspecified atom stereocenters. The predicted octanol–water partition coefficient (Wildman–Crippen LogP) is 3.54. The molecule has 2 heterocycles. The number of pyridine rings is 1. The van der Waals surface area contributed by atoms with Crippen LogP contribution in [0.25, 0.3) is 5.76 Å². The molecule has 1 aromatic heterocycles. The molecule has 1 saturated heterocycles. The average Bonchev–Trinajstić information content (AvgIpc) is 2.95. The van der Waals surface area contributed by atoms with E-state index in [1.807, 2.05) is 32.9 Å². The lowest BCUT2D eigenvalue weighted by atomic mass is 9.93. The lowest BCUT2D eigenvalue weighted by molar-refractivity contribution is -0.139. The lowest BCUT2D eigenvalue weighted by Gasteiger charge is -2.24. The fourth-order valence-electron chi connectivity index (χ4n) is 3.65. The summed E-state index contributed by atoms with van der Waals surface area (Å²) >= 11 is 0. The van der Waals surface area contributed by atoms with E-state index >= 15 is 0 Å². The Balaban J connectivity index is 2.22. The third-order valence-electron chi connectivity index (χ3n) is 5.00. The van der Waals surface area contributed by atoms with Crippen molar-refractivity contribution < 1.29 is 19.4 Å². The number of carbonyl (C=O) groups is 2. The molecule has 6 heteroatoms. The first kappa shape index (κ1) is 19.6. The maximum Gasteiger partial charge on any atom is 0.295 e. The van der Waals surface area contributed by atoms with E-state index in [4.69, 9.17) is 4.74 Å². The maximum atomic E-state index is 12.9. The van der Waals surface area contributed by atoms with Gasteiger partial charge in [-0.1, -0.05) is 13.0 Å². The van der Waals surface area contributed by atoms with E-state index in [9.17, 15) is 14.7 Å². The summed E-state index contributed by atoms with van der Waals surface area (Å²) in [6.45, 7) is 6.06. The van der Waals surface area contributed by atoms with Crippen LogP contribution in [0.2, 0.25) is 0 Å². The molecule has 1 fully saturated rings. The molecule has 6 nitrogen and oxygen atoms in total. The van der Waals surface area contributed by atoms with Gasteiger partial charge in [0.25, 0.3) is 11.7 Å². The highest BCUT2D eigenvalue weighted by molar-refractivity contribution is 6.46. The number of hydrogen-bond acceptors (Lipinski definition) is 5. The first-order chi connectivity index (χ1) is 13.4. The smallest absolute Gasteiger partial charge is 0.295 e. The van der Waals surface area contributed by atoms with Gasteiger partial charge in [0.2, 0.25) is 0 Å². The molecule has 1 aromatic carbocycles. The number of ketones is 1. The van der Waals surface area contributed by atoms with Gasteiger partial charge in [-0.15, -0.1) is 0 Å². The second-order valence-corrected chi connectivity index (χ2v) is 6.92. The number of rotatable bonds is 5. The van der Waals surface area contributed by atoms with Crippen LogP contribution in [-0.2, 0) is 9.59 Å². The van der Waals surface area contributed by atoms with Gasteiger partial charge < -0.3 is 14.7 Å². The molecule has 28 heavy (non-hydrogen) atoms. The van der Waals surface area contributed by atoms with E-state index in [-0.39, 0.29) is 11.3 Å². The van der Waals surface area contributed by atoms with Crippen LogP contribution < -0.4 is 4.74 Å². The zero-order valence-electron chi connectivity index (χ0n) is 16.5. The number of nitrogens with zero attached hydrogens (tertiary/aromatic N) is 2. The minimum atomic E-state index is -0.673. The van der Waals surface area contributed by atoms with Gasteiger partial charge in [-0.3, -0.25) is 14.6 Å². The van der Waals surface area contributed by atoms with Crippen molar-refractivity contribution in [3.63, 3.8) is 0 Å². The number of Topliss-reactive ketones (excluding diaryl/α,β-unsaturated/α-hetero) is 1. The van der Waals surface area contributed by atoms with Crippen LogP contribution in [-0.4, -0.2) is 40.3 Å². The Morgan fingerprint density at radius 3 is 2.61 bits per heavy atom. The number of aromatic nitrogens is 1. The number of ether oxygens (including phenoxy) is 1. The van der Waals surface area contributed by atoms with Crippen LogP contribution in [0.3, 0.4) is 0 Å². The third-order valence-corrected chi connectivity index (χ3v) is 5.00. The summed E-state index contributed by atoms with van der Waals surface area (Å²) in [4.78, 5) is 31.2. The molecule has 0 bridgehead atoms. The van der Waals surface area contributed by atoms with Crippen molar-refractivity contribution in [2.24, 2.45) is 0 Å². The summed E-state index contributed by atoms with van der Waals surface area (Å²) in [5.41, 5.74) is 2.89. The first-order valence-electron chi connectivity index (χ1n) is 9.24. The first-order valence-corrected chi connectivity index (χ1v) is 9.24. The second kappa shape index (κ2) is 7.84. The lowest BCUT2D eigenvalue weighted by Crippen LogP contribution is -2.30. The van der Waals surface area contributed by atoms with Crippen molar-refractivity contribution >= 4 is 17.4 Å². The Labute approximate surface area is 164 Å². The van der Waals surface area contributed by atoms with Gasteiger partial charge in [-0.25, -0.2) is 0 Å². The number of amides is 1. The molecule has 3 rings (SSSR count). The summed E-state index contributed by atoms with van der Waals surface area (Å²) in [6, 6.07) is 6.49. The molecular formula is C22H24N2O4. The number of aryl methyl sites for hydroxylation is 2. The van der Waals surface area contributed by atoms with Gasteiger partial charge in [-0.2, -0.15) is 0 Å². The van der Waals surface area contributed by atoms with Crippen LogP contribution >= 0.6 is 0 Å². The number of hydrogen-bond donors (Lipinski definition) is 1. The molecule has 146 valence electrons. The topological polar surface area (TPSA) is 79.7 Å². The van der Waals surface area contributed by atoms with Crippen molar-refractivity contribution in [1.29, 1.82) is 0 Å². The molecule has 0 aliphatic carbocycles. The fraction of sp³-hybridized carbons (Fsp3) is 0.318. The number of likely N-dealkylation sites (tertiary alicyclic amines) is 1. The molecule has 1 N–H and O–H groups in total. The molecule has 1 aliphatic rings. The zero-order chi connectivity index (χ0) is 20.4. The van der Waals surface area contributed by atoms with E-state index in [1.165, 1.54) is 4.90 Å². The van der Waals surface area contributed by atoms with Gasteiger partial charge in [0.05, 0.1) is 18.7 Å². The quantitative estimate of drug-likeness (QED) is 0.488. The zero-order valence-corrected chi connectivity index (χ0v) is 16.5. The number of benzene rings is 1. The number of aliphatic hydroxyl groups is 1. The highest BCUT2D eigenvalue weighted by atomic mass is 16.5. The van der Waals surface area contributed by atoms with Crippen molar-refractivity contribution in [3.05, 3.63) is 64.5 Å². The van der Waals surface area contributed by atoms with Crippen molar-refractivity contribution in [2.75, 3.05) is 13.7 Å². The summed E-state index contributed by atoms with van der Waals surface area (Å²) in [5, 5.41) is 11.1. The largest absolute Gasteiger partial charge is 0.507 e. The predicted molar refractivity (Wildman–Crippen MR) is 106 cm³/mol. The Bertz CT molecular complexity index is 951. The summed E-state index contributed by atoms with van der Waals surface area (Å²) in [7, 11) is 1.58. The normalized spacial score (nSPS) is 18.6. The Morgan fingerprint density at radius 1 is 1.25 bits per heavy atom. The molecule has 2 aromatic rings. The van der Waals surface area contributed by atoms with Crippen LogP contribution in [0.4, 0.5) is 0 Å². The SMILES string of the molecule is CCCN1C(=O)C(=O)/C(=C(/O)c2cc(C)c(OC)cc2C)C1c1cccnc1. The molecule has 1 atom stereocenters. The van der Waals surface area contributed by atoms with Crippen LogP contribution in [0.15, 0.2) is 42.2 Å². The Hall–Kier alpha value is -3.15. The highest BCUT2D eigenvalue weighted by Gasteiger charge is 2.45. The summed E-state index contributed by atoms with van der Waals surface area (Å²) in [6.07, 6.45) is 3.95. The second-order valence-electron chi connectivity index (χ2n) is 6.92. The molecule has 0 spiro atoms. The molecular weight excluding hydrogens is 356 g/mol. The molecule has 0 saturated carbocycles. The standard InChI is InChI=1S/C22H24N2O4/c1-5-9-24-19(15-7-6-8-23-12-15)18(21(26)22(24)27)20(25)16-10-14(3)17(28-4)11-13(16)2/h6-8,10-12,19,25H,5,9H2,1-4H3/b20-18+. The van der Waals surface area contributed by atoms with E-state index in [0.717, 1.165) is 11.1 Å². The third kappa shape index (κ3) is 3.26. The van der Waals surface area contributed by atoms with E-state index in [0.29, 0.717) is 29.8 Å². The summed E-state index contributed by atoms with van der Waals surface area (Å²) in [5.74, 6) is -0.744. The van der Waals surface area contributed by atoms with Crippen molar-refractivity contribution in [1.82, 2.24) is 9.88 Å². The average molecular weight is 380 g/mol. The minimum Gasteiger partial charge on any atom is -0.507 e. The maximum absolute atomic E-state index is 12.9. The van der Waals surface area contributed by atoms with Gasteiger partial charge in [0, 0.05) is 24.5 Å². The monoisotopic (exact) mass is 380 g/mol. The minimum absolute atomic E-state index is 0.0964. The van der Waals surface area contributed by atoms with Gasteiger partial charge >= 0.3 is 0 Å². The Morgan fingerprint density at radius 2 is 2.00 bits per heavy atom. The summed E-state index contributed by atoms with van der Waals surface area (Å²) < 4.78 is 5.33. The van der Waals surface area contributed by atoms with Gasteiger partial charge in [0.15, 0.2) is 0 Å². The number of carbonyl (C=O) groups excluding carboxylic acids is 2. The van der Waals surface area contributed by atoms with Crippen LogP contribution in [0, 0.1) is 13.8 Å². The molecule has 1 aliphatic heterocycles. The van der Waals surface area contributed by atoms with E-state index < -0.39 is 17.7 Å². The van der Waals surface area contributed by atoms with E-state index in [2.05, 4.69) is 4.98 Å². The Kier molecular flexibility index (Phi) is 5.49. The molecule has 1 amide bonds. The van der Waals surface area contributed by atoms with Gasteiger partial charge in [-0.05, 0) is 55.2 Å². The highest BCUT2D eigenvalue weighted by Crippen LogP contribution is 2.40.